The number of carbonyl (C=O) groups is 1. The molecule has 3 aromatic rings. The molecule has 0 radical (unpaired) electrons. The first-order valence-corrected chi connectivity index (χ1v) is 9.85. The predicted octanol–water partition coefficient (Wildman–Crippen LogP) is 3.51. The second-order valence-corrected chi connectivity index (χ2v) is 8.48. The van der Waals surface area contributed by atoms with E-state index in [1.165, 1.54) is 24.5 Å². The van der Waals surface area contributed by atoms with Gasteiger partial charge in [0.1, 0.15) is 9.77 Å². The maximum atomic E-state index is 12.8. The van der Waals surface area contributed by atoms with Crippen LogP contribution in [0.1, 0.15) is 15.2 Å². The van der Waals surface area contributed by atoms with E-state index < -0.39 is 16.0 Å². The molecule has 0 fully saturated rings. The summed E-state index contributed by atoms with van der Waals surface area (Å²) in [5, 5.41) is 3.72. The third kappa shape index (κ3) is 3.44. The Hall–Kier alpha value is -2.22. The van der Waals surface area contributed by atoms with Crippen LogP contribution >= 0.6 is 11.3 Å². The van der Waals surface area contributed by atoms with E-state index in [4.69, 9.17) is 0 Å². The molecule has 0 bridgehead atoms. The van der Waals surface area contributed by atoms with Gasteiger partial charge in [0.25, 0.3) is 0 Å². The van der Waals surface area contributed by atoms with Gasteiger partial charge in [-0.15, -0.1) is 11.3 Å². The summed E-state index contributed by atoms with van der Waals surface area (Å²) in [6, 6.07) is 15.2. The zero-order chi connectivity index (χ0) is 18.0. The fraction of sp³-hybridized carbons (Fsp3) is 0.167. The molecule has 0 saturated heterocycles. The molecule has 0 spiro atoms. The number of sulfonamides is 1. The van der Waals surface area contributed by atoms with E-state index in [-0.39, 0.29) is 16.3 Å². The van der Waals surface area contributed by atoms with Gasteiger partial charge in [-0.05, 0) is 33.8 Å². The largest absolute Gasteiger partial charge is 0.465 e. The maximum Gasteiger partial charge on any atom is 0.349 e. The lowest BCUT2D eigenvalue weighted by Gasteiger charge is -2.17. The molecule has 5 nitrogen and oxygen atoms in total. The SMILES string of the molecule is COC(=O)c1sccc1S(=O)(=O)N(C)Cc1ccc2ccccc2c1. The van der Waals surface area contributed by atoms with Gasteiger partial charge >= 0.3 is 5.97 Å². The molecule has 0 aliphatic carbocycles. The summed E-state index contributed by atoms with van der Waals surface area (Å²) < 4.78 is 31.6. The van der Waals surface area contributed by atoms with Crippen LogP contribution in [0.15, 0.2) is 58.8 Å². The van der Waals surface area contributed by atoms with Gasteiger partial charge in [-0.3, -0.25) is 0 Å². The number of nitrogens with zero attached hydrogens (tertiary/aromatic N) is 1. The van der Waals surface area contributed by atoms with Crippen LogP contribution in [0.5, 0.6) is 0 Å². The van der Waals surface area contributed by atoms with Crippen molar-refractivity contribution in [1.29, 1.82) is 0 Å². The molecular formula is C18H17NO4S2. The lowest BCUT2D eigenvalue weighted by molar-refractivity contribution is 0.0602. The Labute approximate surface area is 150 Å². The molecule has 1 aromatic heterocycles. The molecule has 3 rings (SSSR count). The lowest BCUT2D eigenvalue weighted by Crippen LogP contribution is -2.27. The Morgan fingerprint density at radius 3 is 2.56 bits per heavy atom. The van der Waals surface area contributed by atoms with Crippen LogP contribution in [0.4, 0.5) is 0 Å². The minimum Gasteiger partial charge on any atom is -0.465 e. The molecule has 25 heavy (non-hydrogen) atoms. The minimum atomic E-state index is -3.79. The third-order valence-electron chi connectivity index (χ3n) is 3.91. The molecule has 0 amide bonds. The van der Waals surface area contributed by atoms with Crippen LogP contribution < -0.4 is 0 Å². The minimum absolute atomic E-state index is 0.0207. The number of hydrogen-bond donors (Lipinski definition) is 0. The normalized spacial score (nSPS) is 11.8. The van der Waals surface area contributed by atoms with Crippen molar-refractivity contribution in [2.75, 3.05) is 14.2 Å². The first-order valence-electron chi connectivity index (χ1n) is 7.53. The number of esters is 1. The highest BCUT2D eigenvalue weighted by Gasteiger charge is 2.28. The van der Waals surface area contributed by atoms with Crippen LogP contribution in [-0.2, 0) is 21.3 Å². The molecule has 0 aliphatic rings. The topological polar surface area (TPSA) is 63.7 Å². The van der Waals surface area contributed by atoms with E-state index in [1.807, 2.05) is 42.5 Å². The fourth-order valence-electron chi connectivity index (χ4n) is 2.59. The van der Waals surface area contributed by atoms with Gasteiger partial charge in [0.2, 0.25) is 10.0 Å². The Morgan fingerprint density at radius 2 is 1.84 bits per heavy atom. The summed E-state index contributed by atoms with van der Waals surface area (Å²) in [5.74, 6) is -0.646. The first-order chi connectivity index (χ1) is 11.9. The summed E-state index contributed by atoms with van der Waals surface area (Å²) >= 11 is 1.05. The number of carbonyl (C=O) groups excluding carboxylic acids is 1. The summed E-state index contributed by atoms with van der Waals surface area (Å²) in [6.45, 7) is 0.212. The Bertz CT molecular complexity index is 1020. The van der Waals surface area contributed by atoms with Crippen molar-refractivity contribution in [3.8, 4) is 0 Å². The van der Waals surface area contributed by atoms with E-state index in [1.54, 1.807) is 5.38 Å². The van der Waals surface area contributed by atoms with Gasteiger partial charge in [-0.25, -0.2) is 13.2 Å². The molecule has 0 saturated carbocycles. The molecule has 0 aliphatic heterocycles. The summed E-state index contributed by atoms with van der Waals surface area (Å²) in [6.07, 6.45) is 0. The highest BCUT2D eigenvalue weighted by Crippen LogP contribution is 2.26. The van der Waals surface area contributed by atoms with Gasteiger partial charge in [0.05, 0.1) is 7.11 Å². The number of methoxy groups -OCH3 is 1. The molecular weight excluding hydrogens is 358 g/mol. The van der Waals surface area contributed by atoms with Crippen molar-refractivity contribution in [3.05, 3.63) is 64.4 Å². The molecule has 0 atom stereocenters. The van der Waals surface area contributed by atoms with Crippen LogP contribution in [0.25, 0.3) is 10.8 Å². The highest BCUT2D eigenvalue weighted by molar-refractivity contribution is 7.89. The van der Waals surface area contributed by atoms with Crippen molar-refractivity contribution in [1.82, 2.24) is 4.31 Å². The van der Waals surface area contributed by atoms with Gasteiger partial charge in [-0.2, -0.15) is 4.31 Å². The maximum absolute atomic E-state index is 12.8. The van der Waals surface area contributed by atoms with E-state index >= 15 is 0 Å². The van der Waals surface area contributed by atoms with Gasteiger partial charge in [0.15, 0.2) is 0 Å². The van der Waals surface area contributed by atoms with E-state index in [9.17, 15) is 13.2 Å². The van der Waals surface area contributed by atoms with Crippen LogP contribution in [0.2, 0.25) is 0 Å². The van der Waals surface area contributed by atoms with Crippen molar-refractivity contribution < 1.29 is 17.9 Å². The molecule has 0 unspecified atom stereocenters. The predicted molar refractivity (Wildman–Crippen MR) is 98.3 cm³/mol. The van der Waals surface area contributed by atoms with Gasteiger partial charge in [-0.1, -0.05) is 36.4 Å². The van der Waals surface area contributed by atoms with Crippen molar-refractivity contribution in [2.24, 2.45) is 0 Å². The Balaban J connectivity index is 1.90. The average molecular weight is 375 g/mol. The second kappa shape index (κ2) is 6.95. The first kappa shape index (κ1) is 17.6. The Kier molecular flexibility index (Phi) is 4.89. The summed E-state index contributed by atoms with van der Waals surface area (Å²) in [5.41, 5.74) is 0.875. The average Bonchev–Trinajstić information content (AvgIpc) is 3.11. The van der Waals surface area contributed by atoms with Gasteiger partial charge in [0, 0.05) is 13.6 Å². The monoisotopic (exact) mass is 375 g/mol. The van der Waals surface area contributed by atoms with Crippen molar-refractivity contribution in [3.63, 3.8) is 0 Å². The molecule has 130 valence electrons. The number of fused-ring (bicyclic) bond motifs is 1. The number of thiophene rings is 1. The van der Waals surface area contributed by atoms with Crippen molar-refractivity contribution in [2.45, 2.75) is 11.4 Å². The van der Waals surface area contributed by atoms with E-state index in [0.717, 1.165) is 27.7 Å². The molecule has 1 heterocycles. The molecule has 2 aromatic carbocycles. The Morgan fingerprint density at radius 1 is 1.12 bits per heavy atom. The second-order valence-electron chi connectivity index (χ2n) is 5.55. The highest BCUT2D eigenvalue weighted by atomic mass is 32.2. The zero-order valence-corrected chi connectivity index (χ0v) is 15.4. The summed E-state index contributed by atoms with van der Waals surface area (Å²) in [4.78, 5) is 11.8. The number of rotatable bonds is 5. The number of benzene rings is 2. The van der Waals surface area contributed by atoms with Crippen LogP contribution in [0.3, 0.4) is 0 Å². The zero-order valence-electron chi connectivity index (χ0n) is 13.8. The van der Waals surface area contributed by atoms with E-state index in [0.29, 0.717) is 0 Å². The number of hydrogen-bond acceptors (Lipinski definition) is 5. The molecule has 0 N–H and O–H groups in total. The van der Waals surface area contributed by atoms with Crippen LogP contribution in [-0.4, -0.2) is 32.8 Å². The van der Waals surface area contributed by atoms with E-state index in [2.05, 4.69) is 4.74 Å². The third-order valence-corrected chi connectivity index (χ3v) is 6.78. The summed E-state index contributed by atoms with van der Waals surface area (Å²) in [7, 11) is -1.05. The smallest absolute Gasteiger partial charge is 0.349 e. The fourth-order valence-corrected chi connectivity index (χ4v) is 5.05. The lowest BCUT2D eigenvalue weighted by atomic mass is 10.1. The van der Waals surface area contributed by atoms with Gasteiger partial charge < -0.3 is 4.74 Å². The molecule has 7 heteroatoms. The van der Waals surface area contributed by atoms with Crippen LogP contribution in [0, 0.1) is 0 Å². The quantitative estimate of drug-likeness (QED) is 0.640. The standard InChI is InChI=1S/C18H17NO4S2/c1-19(12-13-7-8-14-5-3-4-6-15(14)11-13)25(21,22)16-9-10-24-17(16)18(20)23-2/h3-11H,12H2,1-2H3. The number of ether oxygens (including phenoxy) is 1. The van der Waals surface area contributed by atoms with Crippen molar-refractivity contribution >= 4 is 38.1 Å².